The van der Waals surface area contributed by atoms with E-state index in [0.29, 0.717) is 11.7 Å². The Bertz CT molecular complexity index is 855. The highest BCUT2D eigenvalue weighted by Crippen LogP contribution is 2.38. The second kappa shape index (κ2) is 7.23. The van der Waals surface area contributed by atoms with E-state index in [9.17, 15) is 9.59 Å². The molecule has 0 unspecified atom stereocenters. The monoisotopic (exact) mass is 354 g/mol. The van der Waals surface area contributed by atoms with E-state index >= 15 is 0 Å². The van der Waals surface area contributed by atoms with Crippen molar-refractivity contribution in [2.75, 3.05) is 18.0 Å². The number of anilines is 1. The number of amides is 1. The van der Waals surface area contributed by atoms with Crippen molar-refractivity contribution in [2.45, 2.75) is 44.7 Å². The van der Waals surface area contributed by atoms with Crippen molar-refractivity contribution in [1.82, 2.24) is 24.8 Å². The van der Waals surface area contributed by atoms with Gasteiger partial charge in [0.2, 0.25) is 5.91 Å². The normalized spacial score (nSPS) is 16.7. The van der Waals surface area contributed by atoms with Gasteiger partial charge >= 0.3 is 0 Å². The lowest BCUT2D eigenvalue weighted by Gasteiger charge is -2.16. The lowest BCUT2D eigenvalue weighted by atomic mass is 10.3. The molecule has 8 heteroatoms. The molecule has 4 rings (SSSR count). The van der Waals surface area contributed by atoms with Crippen LogP contribution in [0.5, 0.6) is 0 Å². The van der Waals surface area contributed by atoms with Crippen LogP contribution in [-0.2, 0) is 17.9 Å². The average molecular weight is 354 g/mol. The van der Waals surface area contributed by atoms with Crippen LogP contribution in [0.4, 0.5) is 5.82 Å². The molecule has 1 amide bonds. The Morgan fingerprint density at radius 2 is 2.04 bits per heavy atom. The van der Waals surface area contributed by atoms with Crippen molar-refractivity contribution >= 4 is 11.7 Å². The Kier molecular flexibility index (Phi) is 4.64. The van der Waals surface area contributed by atoms with E-state index in [0.717, 1.165) is 37.4 Å². The highest BCUT2D eigenvalue weighted by Gasteiger charge is 2.25. The molecule has 1 aliphatic heterocycles. The first-order valence-electron chi connectivity index (χ1n) is 9.09. The standard InChI is InChI=1S/C18H22N6O2/c25-17(11-24-12-21-14(9-18(24)26)13-3-4-13)20-10-15-19-6-5-16(22-15)23-7-1-2-8-23/h5-6,9,12-13H,1-4,7-8,10-11H2,(H,20,25). The molecule has 136 valence electrons. The topological polar surface area (TPSA) is 93.0 Å². The van der Waals surface area contributed by atoms with Gasteiger partial charge in [0.1, 0.15) is 18.2 Å². The van der Waals surface area contributed by atoms with E-state index in [1.54, 1.807) is 6.20 Å². The fourth-order valence-corrected chi connectivity index (χ4v) is 3.15. The quantitative estimate of drug-likeness (QED) is 0.826. The molecule has 0 bridgehead atoms. The summed E-state index contributed by atoms with van der Waals surface area (Å²) < 4.78 is 1.32. The Balaban J connectivity index is 1.34. The largest absolute Gasteiger partial charge is 0.357 e. The molecule has 1 saturated heterocycles. The Labute approximate surface area is 151 Å². The van der Waals surface area contributed by atoms with E-state index in [-0.39, 0.29) is 24.6 Å². The van der Waals surface area contributed by atoms with Gasteiger partial charge in [-0.05, 0) is 31.7 Å². The minimum absolute atomic E-state index is 0.0530. The zero-order valence-corrected chi connectivity index (χ0v) is 14.6. The second-order valence-corrected chi connectivity index (χ2v) is 6.86. The Morgan fingerprint density at radius 3 is 2.77 bits per heavy atom. The number of carbonyl (C=O) groups excluding carboxylic acids is 1. The van der Waals surface area contributed by atoms with Crippen LogP contribution in [0.3, 0.4) is 0 Å². The molecule has 1 saturated carbocycles. The van der Waals surface area contributed by atoms with Crippen molar-refractivity contribution in [3.63, 3.8) is 0 Å². The maximum absolute atomic E-state index is 12.1. The third-order valence-electron chi connectivity index (χ3n) is 4.77. The number of aromatic nitrogens is 4. The van der Waals surface area contributed by atoms with E-state index < -0.39 is 0 Å². The summed E-state index contributed by atoms with van der Waals surface area (Å²) in [4.78, 5) is 39.5. The zero-order valence-electron chi connectivity index (χ0n) is 14.6. The summed E-state index contributed by atoms with van der Waals surface area (Å²) in [6, 6.07) is 3.43. The van der Waals surface area contributed by atoms with Gasteiger partial charge in [0.25, 0.3) is 5.56 Å². The predicted molar refractivity (Wildman–Crippen MR) is 95.8 cm³/mol. The van der Waals surface area contributed by atoms with Gasteiger partial charge in [-0.2, -0.15) is 0 Å². The van der Waals surface area contributed by atoms with Gasteiger partial charge in [-0.25, -0.2) is 15.0 Å². The van der Waals surface area contributed by atoms with Crippen molar-refractivity contribution in [3.05, 3.63) is 46.5 Å². The van der Waals surface area contributed by atoms with Crippen LogP contribution < -0.4 is 15.8 Å². The first-order valence-corrected chi connectivity index (χ1v) is 9.09. The molecule has 2 aliphatic rings. The summed E-state index contributed by atoms with van der Waals surface area (Å²) in [6.07, 6.45) is 7.71. The van der Waals surface area contributed by atoms with Crippen LogP contribution in [0.25, 0.3) is 0 Å². The van der Waals surface area contributed by atoms with Gasteiger partial charge in [-0.15, -0.1) is 0 Å². The van der Waals surface area contributed by atoms with Crippen LogP contribution >= 0.6 is 0 Å². The van der Waals surface area contributed by atoms with Crippen molar-refractivity contribution in [1.29, 1.82) is 0 Å². The van der Waals surface area contributed by atoms with Gasteiger partial charge in [0.05, 0.1) is 18.6 Å². The van der Waals surface area contributed by atoms with Crippen molar-refractivity contribution in [3.8, 4) is 0 Å². The van der Waals surface area contributed by atoms with Gasteiger partial charge in [-0.1, -0.05) is 0 Å². The lowest BCUT2D eigenvalue weighted by molar-refractivity contribution is -0.121. The summed E-state index contributed by atoms with van der Waals surface area (Å²) in [5.74, 6) is 1.63. The maximum Gasteiger partial charge on any atom is 0.254 e. The molecule has 0 atom stereocenters. The molecule has 2 aromatic rings. The summed E-state index contributed by atoms with van der Waals surface area (Å²) in [5, 5.41) is 2.77. The predicted octanol–water partition coefficient (Wildman–Crippen LogP) is 0.827. The fourth-order valence-electron chi connectivity index (χ4n) is 3.15. The minimum Gasteiger partial charge on any atom is -0.357 e. The molecule has 8 nitrogen and oxygen atoms in total. The van der Waals surface area contributed by atoms with Crippen LogP contribution in [0.1, 0.15) is 43.1 Å². The Morgan fingerprint density at radius 1 is 1.23 bits per heavy atom. The first kappa shape index (κ1) is 16.7. The highest BCUT2D eigenvalue weighted by molar-refractivity contribution is 5.75. The number of nitrogens with one attached hydrogen (secondary N) is 1. The van der Waals surface area contributed by atoms with Gasteiger partial charge in [0.15, 0.2) is 0 Å². The van der Waals surface area contributed by atoms with Crippen LogP contribution in [0, 0.1) is 0 Å². The molecular weight excluding hydrogens is 332 g/mol. The summed E-state index contributed by atoms with van der Waals surface area (Å²) in [6.45, 7) is 2.20. The molecule has 2 fully saturated rings. The van der Waals surface area contributed by atoms with Crippen LogP contribution in [0.15, 0.2) is 29.5 Å². The molecule has 0 radical (unpaired) electrons. The molecule has 0 aromatic carbocycles. The van der Waals surface area contributed by atoms with E-state index in [2.05, 4.69) is 25.2 Å². The number of hydrogen-bond acceptors (Lipinski definition) is 6. The molecular formula is C18H22N6O2. The minimum atomic E-state index is -0.261. The second-order valence-electron chi connectivity index (χ2n) is 6.86. The smallest absolute Gasteiger partial charge is 0.254 e. The van der Waals surface area contributed by atoms with Gasteiger partial charge < -0.3 is 10.2 Å². The first-order chi connectivity index (χ1) is 12.7. The number of hydrogen-bond donors (Lipinski definition) is 1. The summed E-state index contributed by atoms with van der Waals surface area (Å²) in [5.41, 5.74) is 0.642. The van der Waals surface area contributed by atoms with E-state index in [1.807, 2.05) is 6.07 Å². The zero-order chi connectivity index (χ0) is 17.9. The van der Waals surface area contributed by atoms with Gasteiger partial charge in [0, 0.05) is 31.3 Å². The fraction of sp³-hybridized carbons (Fsp3) is 0.500. The SMILES string of the molecule is O=C(Cn1cnc(C2CC2)cc1=O)NCc1nccc(N2CCCC2)n1. The van der Waals surface area contributed by atoms with E-state index in [4.69, 9.17) is 0 Å². The Hall–Kier alpha value is -2.77. The molecule has 2 aromatic heterocycles. The lowest BCUT2D eigenvalue weighted by Crippen LogP contribution is -2.32. The third-order valence-corrected chi connectivity index (χ3v) is 4.77. The molecule has 0 spiro atoms. The van der Waals surface area contributed by atoms with Gasteiger partial charge in [-0.3, -0.25) is 14.2 Å². The van der Waals surface area contributed by atoms with E-state index in [1.165, 1.54) is 29.8 Å². The average Bonchev–Trinajstić information content (AvgIpc) is 3.36. The number of carbonyl (C=O) groups is 1. The van der Waals surface area contributed by atoms with Crippen LogP contribution in [-0.4, -0.2) is 38.5 Å². The maximum atomic E-state index is 12.1. The summed E-state index contributed by atoms with van der Waals surface area (Å²) in [7, 11) is 0. The molecule has 1 N–H and O–H groups in total. The number of nitrogens with zero attached hydrogens (tertiary/aromatic N) is 5. The molecule has 26 heavy (non-hydrogen) atoms. The van der Waals surface area contributed by atoms with Crippen molar-refractivity contribution in [2.24, 2.45) is 0 Å². The highest BCUT2D eigenvalue weighted by atomic mass is 16.2. The van der Waals surface area contributed by atoms with Crippen molar-refractivity contribution < 1.29 is 4.79 Å². The molecule has 3 heterocycles. The molecule has 1 aliphatic carbocycles. The van der Waals surface area contributed by atoms with Crippen LogP contribution in [0.2, 0.25) is 0 Å². The number of rotatable bonds is 6. The summed E-state index contributed by atoms with van der Waals surface area (Å²) >= 11 is 0. The third kappa shape index (κ3) is 3.89.